The van der Waals surface area contributed by atoms with Gasteiger partial charge in [-0.15, -0.1) is 0 Å². The van der Waals surface area contributed by atoms with Gasteiger partial charge >= 0.3 is 0 Å². The van der Waals surface area contributed by atoms with Crippen molar-refractivity contribution in [1.82, 2.24) is 4.98 Å². The molecule has 1 aromatic heterocycles. The molecule has 0 radical (unpaired) electrons. The number of hydrogen-bond donors (Lipinski definition) is 1. The monoisotopic (exact) mass is 269 g/mol. The molecule has 0 saturated carbocycles. The van der Waals surface area contributed by atoms with Gasteiger partial charge in [0.1, 0.15) is 0 Å². The Kier molecular flexibility index (Phi) is 3.59. The first-order valence-corrected chi connectivity index (χ1v) is 7.90. The van der Waals surface area contributed by atoms with E-state index in [-0.39, 0.29) is 23.6 Å². The third-order valence-corrected chi connectivity index (χ3v) is 5.03. The lowest BCUT2D eigenvalue weighted by atomic mass is 10.2. The average molecular weight is 269 g/mol. The topological polar surface area (TPSA) is 76.3 Å². The van der Waals surface area contributed by atoms with E-state index in [1.807, 2.05) is 26.0 Å². The van der Waals surface area contributed by atoms with Crippen molar-refractivity contribution in [1.29, 1.82) is 0 Å². The SMILES string of the molecule is CC1CS(=O)(=O)CCN1c1ccc([C@@H](C)N)nc1. The van der Waals surface area contributed by atoms with Crippen molar-refractivity contribution in [2.75, 3.05) is 23.0 Å². The molecule has 18 heavy (non-hydrogen) atoms. The lowest BCUT2D eigenvalue weighted by molar-refractivity contribution is 0.568. The zero-order chi connectivity index (χ0) is 13.3. The van der Waals surface area contributed by atoms with E-state index < -0.39 is 9.84 Å². The molecule has 1 unspecified atom stereocenters. The first-order valence-electron chi connectivity index (χ1n) is 6.07. The van der Waals surface area contributed by atoms with Crippen LogP contribution in [0.2, 0.25) is 0 Å². The fourth-order valence-electron chi connectivity index (χ4n) is 2.22. The number of anilines is 1. The smallest absolute Gasteiger partial charge is 0.154 e. The largest absolute Gasteiger partial charge is 0.366 e. The van der Waals surface area contributed by atoms with E-state index >= 15 is 0 Å². The lowest BCUT2D eigenvalue weighted by Crippen LogP contribution is -2.47. The summed E-state index contributed by atoms with van der Waals surface area (Å²) in [6.07, 6.45) is 1.77. The number of nitrogens with two attached hydrogens (primary N) is 1. The molecule has 0 aromatic carbocycles. The molecule has 1 saturated heterocycles. The highest BCUT2D eigenvalue weighted by molar-refractivity contribution is 7.91. The van der Waals surface area contributed by atoms with Gasteiger partial charge in [0.25, 0.3) is 0 Å². The standard InChI is InChI=1S/C12H19N3O2S/c1-9-8-18(16,17)6-5-15(9)11-3-4-12(10(2)13)14-7-11/h3-4,7,9-10H,5-6,8,13H2,1-2H3/t9?,10-/m1/s1. The van der Waals surface area contributed by atoms with Gasteiger partial charge in [0.05, 0.1) is 29.1 Å². The Morgan fingerprint density at radius 2 is 2.22 bits per heavy atom. The Morgan fingerprint density at radius 3 is 2.72 bits per heavy atom. The molecule has 1 aliphatic heterocycles. The van der Waals surface area contributed by atoms with Crippen LogP contribution in [-0.2, 0) is 9.84 Å². The summed E-state index contributed by atoms with van der Waals surface area (Å²) in [5.41, 5.74) is 7.55. The summed E-state index contributed by atoms with van der Waals surface area (Å²) in [6, 6.07) is 3.76. The molecule has 6 heteroatoms. The minimum atomic E-state index is -2.88. The summed E-state index contributed by atoms with van der Waals surface area (Å²) in [4.78, 5) is 6.39. The second kappa shape index (κ2) is 4.85. The van der Waals surface area contributed by atoms with E-state index in [0.717, 1.165) is 11.4 Å². The third-order valence-electron chi connectivity index (χ3n) is 3.24. The molecular formula is C12H19N3O2S. The normalized spacial score (nSPS) is 24.8. The number of hydrogen-bond acceptors (Lipinski definition) is 5. The maximum atomic E-state index is 11.5. The first kappa shape index (κ1) is 13.3. The van der Waals surface area contributed by atoms with Gasteiger partial charge in [0, 0.05) is 18.6 Å². The molecule has 2 N–H and O–H groups in total. The van der Waals surface area contributed by atoms with Crippen molar-refractivity contribution in [3.05, 3.63) is 24.0 Å². The zero-order valence-corrected chi connectivity index (χ0v) is 11.5. The Balaban J connectivity index is 2.17. The summed E-state index contributed by atoms with van der Waals surface area (Å²) < 4.78 is 23.0. The van der Waals surface area contributed by atoms with Crippen LogP contribution in [0.25, 0.3) is 0 Å². The highest BCUT2D eigenvalue weighted by atomic mass is 32.2. The highest BCUT2D eigenvalue weighted by Crippen LogP contribution is 2.21. The molecular weight excluding hydrogens is 250 g/mol. The van der Waals surface area contributed by atoms with Gasteiger partial charge in [-0.25, -0.2) is 8.42 Å². The first-order chi connectivity index (χ1) is 8.39. The van der Waals surface area contributed by atoms with E-state index in [2.05, 4.69) is 9.88 Å². The number of nitrogens with zero attached hydrogens (tertiary/aromatic N) is 2. The summed E-state index contributed by atoms with van der Waals surface area (Å²) >= 11 is 0. The van der Waals surface area contributed by atoms with E-state index in [1.54, 1.807) is 6.20 Å². The van der Waals surface area contributed by atoms with Crippen LogP contribution in [-0.4, -0.2) is 37.5 Å². The van der Waals surface area contributed by atoms with Crippen LogP contribution < -0.4 is 10.6 Å². The van der Waals surface area contributed by atoms with Crippen molar-refractivity contribution >= 4 is 15.5 Å². The Morgan fingerprint density at radius 1 is 1.50 bits per heavy atom. The van der Waals surface area contributed by atoms with Gasteiger partial charge in [-0.3, -0.25) is 4.98 Å². The number of pyridine rings is 1. The van der Waals surface area contributed by atoms with Crippen molar-refractivity contribution in [2.45, 2.75) is 25.9 Å². The minimum Gasteiger partial charge on any atom is -0.366 e. The Labute approximate surface area is 108 Å². The Hall–Kier alpha value is -1.14. The lowest BCUT2D eigenvalue weighted by Gasteiger charge is -2.34. The zero-order valence-electron chi connectivity index (χ0n) is 10.7. The molecule has 0 amide bonds. The maximum Gasteiger partial charge on any atom is 0.154 e. The van der Waals surface area contributed by atoms with E-state index in [1.165, 1.54) is 0 Å². The minimum absolute atomic E-state index is 0.00769. The summed E-state index contributed by atoms with van der Waals surface area (Å²) in [7, 11) is -2.88. The molecule has 0 bridgehead atoms. The molecule has 1 aliphatic rings. The quantitative estimate of drug-likeness (QED) is 0.856. The highest BCUT2D eigenvalue weighted by Gasteiger charge is 2.28. The molecule has 100 valence electrons. The molecule has 0 aliphatic carbocycles. The van der Waals surface area contributed by atoms with Crippen LogP contribution in [0.3, 0.4) is 0 Å². The van der Waals surface area contributed by atoms with Crippen molar-refractivity contribution in [3.63, 3.8) is 0 Å². The molecule has 2 heterocycles. The van der Waals surface area contributed by atoms with Gasteiger partial charge in [0.15, 0.2) is 9.84 Å². The number of rotatable bonds is 2. The van der Waals surface area contributed by atoms with Gasteiger partial charge in [-0.05, 0) is 26.0 Å². The molecule has 1 fully saturated rings. The van der Waals surface area contributed by atoms with E-state index in [0.29, 0.717) is 6.54 Å². The van der Waals surface area contributed by atoms with Gasteiger partial charge < -0.3 is 10.6 Å². The van der Waals surface area contributed by atoms with Crippen LogP contribution in [0, 0.1) is 0 Å². The summed E-state index contributed by atoms with van der Waals surface area (Å²) in [5, 5.41) is 0. The second-order valence-electron chi connectivity index (χ2n) is 4.89. The van der Waals surface area contributed by atoms with Crippen molar-refractivity contribution in [3.8, 4) is 0 Å². The fraction of sp³-hybridized carbons (Fsp3) is 0.583. The van der Waals surface area contributed by atoms with E-state index in [9.17, 15) is 8.42 Å². The molecule has 1 aromatic rings. The van der Waals surface area contributed by atoms with Gasteiger partial charge in [-0.1, -0.05) is 0 Å². The van der Waals surface area contributed by atoms with Crippen molar-refractivity contribution in [2.24, 2.45) is 5.73 Å². The molecule has 2 rings (SSSR count). The molecule has 0 spiro atoms. The second-order valence-corrected chi connectivity index (χ2v) is 7.12. The number of aromatic nitrogens is 1. The fourth-order valence-corrected chi connectivity index (χ4v) is 3.78. The molecule has 2 atom stereocenters. The summed E-state index contributed by atoms with van der Waals surface area (Å²) in [6.45, 7) is 4.34. The third kappa shape index (κ3) is 2.81. The van der Waals surface area contributed by atoms with E-state index in [4.69, 9.17) is 5.73 Å². The van der Waals surface area contributed by atoms with Crippen LogP contribution >= 0.6 is 0 Å². The van der Waals surface area contributed by atoms with Crippen molar-refractivity contribution < 1.29 is 8.42 Å². The molecule has 5 nitrogen and oxygen atoms in total. The number of sulfone groups is 1. The van der Waals surface area contributed by atoms with Gasteiger partial charge in [0.2, 0.25) is 0 Å². The van der Waals surface area contributed by atoms with Gasteiger partial charge in [-0.2, -0.15) is 0 Å². The van der Waals surface area contributed by atoms with Crippen LogP contribution in [0.1, 0.15) is 25.6 Å². The van der Waals surface area contributed by atoms with Crippen LogP contribution in [0.15, 0.2) is 18.3 Å². The van der Waals surface area contributed by atoms with Crippen LogP contribution in [0.5, 0.6) is 0 Å². The average Bonchev–Trinajstić information content (AvgIpc) is 2.28. The Bertz CT molecular complexity index is 511. The summed E-state index contributed by atoms with van der Waals surface area (Å²) in [5.74, 6) is 0.425. The maximum absolute atomic E-state index is 11.5. The predicted octanol–water partition coefficient (Wildman–Crippen LogP) is 0.725. The predicted molar refractivity (Wildman–Crippen MR) is 72.3 cm³/mol. The van der Waals surface area contributed by atoms with Crippen LogP contribution in [0.4, 0.5) is 5.69 Å².